The van der Waals surface area contributed by atoms with Crippen LogP contribution in [0, 0.1) is 10.1 Å². The molecular weight excluding hydrogens is 330 g/mol. The number of nitro benzene ring substituents is 1. The number of nitro groups is 1. The zero-order chi connectivity index (χ0) is 18.0. The minimum atomic E-state index is -1.15. The molecule has 25 heavy (non-hydrogen) atoms. The van der Waals surface area contributed by atoms with Gasteiger partial charge >= 0.3 is 11.9 Å². The molecule has 0 spiro atoms. The van der Waals surface area contributed by atoms with E-state index >= 15 is 0 Å². The smallest absolute Gasteiger partial charge is 0.345 e. The molecule has 0 fully saturated rings. The molecule has 1 aliphatic heterocycles. The third-order valence-corrected chi connectivity index (χ3v) is 3.80. The molecule has 1 heterocycles. The molecular formula is C17H13NO7. The van der Waals surface area contributed by atoms with Crippen LogP contribution in [0.5, 0.6) is 5.75 Å². The number of ether oxygens (including phenoxy) is 2. The summed E-state index contributed by atoms with van der Waals surface area (Å²) in [5.74, 6) is -1.49. The number of esters is 1. The summed E-state index contributed by atoms with van der Waals surface area (Å²) in [7, 11) is 0. The number of nitrogens with zero attached hydrogens (tertiary/aromatic N) is 1. The monoisotopic (exact) mass is 343 g/mol. The molecule has 2 aromatic rings. The van der Waals surface area contributed by atoms with Gasteiger partial charge in [0.15, 0.2) is 6.10 Å². The van der Waals surface area contributed by atoms with Crippen LogP contribution in [-0.2, 0) is 9.53 Å². The largest absolute Gasteiger partial charge is 0.479 e. The van der Waals surface area contributed by atoms with Crippen molar-refractivity contribution in [1.29, 1.82) is 0 Å². The number of carbonyl (C=O) groups is 2. The van der Waals surface area contributed by atoms with Gasteiger partial charge in [0.25, 0.3) is 5.69 Å². The van der Waals surface area contributed by atoms with Gasteiger partial charge in [-0.2, -0.15) is 0 Å². The fourth-order valence-electron chi connectivity index (χ4n) is 2.56. The van der Waals surface area contributed by atoms with E-state index in [2.05, 4.69) is 0 Å². The maximum absolute atomic E-state index is 12.3. The van der Waals surface area contributed by atoms with E-state index in [1.807, 2.05) is 0 Å². The molecule has 1 unspecified atom stereocenters. The summed E-state index contributed by atoms with van der Waals surface area (Å²) in [6.07, 6.45) is -1.93. The highest BCUT2D eigenvalue weighted by Gasteiger charge is 2.34. The number of aliphatic carboxylic acids is 1. The average molecular weight is 343 g/mol. The Morgan fingerprint density at radius 1 is 1.16 bits per heavy atom. The van der Waals surface area contributed by atoms with Crippen LogP contribution in [0.4, 0.5) is 5.69 Å². The van der Waals surface area contributed by atoms with Gasteiger partial charge in [0.05, 0.1) is 10.5 Å². The van der Waals surface area contributed by atoms with Gasteiger partial charge in [-0.05, 0) is 18.2 Å². The molecule has 0 saturated heterocycles. The molecule has 0 aliphatic carbocycles. The molecule has 0 amide bonds. The molecule has 0 saturated carbocycles. The predicted octanol–water partition coefficient (Wildman–Crippen LogP) is 2.73. The van der Waals surface area contributed by atoms with Crippen molar-refractivity contribution >= 4 is 17.6 Å². The van der Waals surface area contributed by atoms with E-state index < -0.39 is 29.1 Å². The number of carboxylic acid groups (broad SMARTS) is 1. The molecule has 2 aromatic carbocycles. The minimum Gasteiger partial charge on any atom is -0.479 e. The number of carbonyl (C=O) groups excluding carboxylic acids is 1. The number of para-hydroxylation sites is 1. The normalized spacial score (nSPS) is 18.6. The van der Waals surface area contributed by atoms with E-state index in [1.54, 1.807) is 24.3 Å². The first-order valence-electron chi connectivity index (χ1n) is 7.39. The summed E-state index contributed by atoms with van der Waals surface area (Å²) < 4.78 is 10.8. The molecule has 128 valence electrons. The highest BCUT2D eigenvalue weighted by atomic mass is 16.6. The molecule has 8 heteroatoms. The molecule has 0 radical (unpaired) electrons. The maximum atomic E-state index is 12.3. The third-order valence-electron chi connectivity index (χ3n) is 3.80. The van der Waals surface area contributed by atoms with Crippen LogP contribution in [0.3, 0.4) is 0 Å². The standard InChI is InChI=1S/C17H13NO7/c19-16(20)15-9-14(12-3-1-2-4-13(12)24-15)25-17(21)10-5-7-11(8-6-10)18(22)23/h1-8,14-15H,9H2,(H,19,20)/t14-,15?/m1/s1. The summed E-state index contributed by atoms with van der Waals surface area (Å²) >= 11 is 0. The van der Waals surface area contributed by atoms with Crippen molar-refractivity contribution in [2.24, 2.45) is 0 Å². The van der Waals surface area contributed by atoms with Gasteiger partial charge in [0.1, 0.15) is 11.9 Å². The Morgan fingerprint density at radius 2 is 1.84 bits per heavy atom. The summed E-state index contributed by atoms with van der Waals surface area (Å²) in [5, 5.41) is 19.8. The topological polar surface area (TPSA) is 116 Å². The fourth-order valence-corrected chi connectivity index (χ4v) is 2.56. The van der Waals surface area contributed by atoms with Gasteiger partial charge in [0, 0.05) is 24.1 Å². The first-order chi connectivity index (χ1) is 12.0. The summed E-state index contributed by atoms with van der Waals surface area (Å²) in [5.41, 5.74) is 0.579. The highest BCUT2D eigenvalue weighted by molar-refractivity contribution is 5.90. The van der Waals surface area contributed by atoms with Crippen LogP contribution in [0.2, 0.25) is 0 Å². The second-order valence-electron chi connectivity index (χ2n) is 5.42. The number of non-ortho nitro benzene ring substituents is 1. The van der Waals surface area contributed by atoms with Crippen LogP contribution < -0.4 is 4.74 Å². The molecule has 3 rings (SSSR count). The van der Waals surface area contributed by atoms with Crippen molar-refractivity contribution in [3.8, 4) is 5.75 Å². The van der Waals surface area contributed by atoms with E-state index in [-0.39, 0.29) is 17.7 Å². The molecule has 1 N–H and O–H groups in total. The molecule has 1 aliphatic rings. The van der Waals surface area contributed by atoms with Crippen LogP contribution >= 0.6 is 0 Å². The Labute approximate surface area is 141 Å². The Balaban J connectivity index is 1.82. The van der Waals surface area contributed by atoms with Crippen LogP contribution in [0.15, 0.2) is 48.5 Å². The van der Waals surface area contributed by atoms with Crippen molar-refractivity contribution in [3.63, 3.8) is 0 Å². The quantitative estimate of drug-likeness (QED) is 0.515. The van der Waals surface area contributed by atoms with Gasteiger partial charge < -0.3 is 14.6 Å². The zero-order valence-corrected chi connectivity index (χ0v) is 12.8. The lowest BCUT2D eigenvalue weighted by molar-refractivity contribution is -0.384. The van der Waals surface area contributed by atoms with Crippen LogP contribution in [0.1, 0.15) is 28.4 Å². The molecule has 0 aromatic heterocycles. The minimum absolute atomic E-state index is 0.0227. The third kappa shape index (κ3) is 3.42. The lowest BCUT2D eigenvalue weighted by Gasteiger charge is -2.29. The molecule has 0 bridgehead atoms. The van der Waals surface area contributed by atoms with Crippen molar-refractivity contribution in [2.75, 3.05) is 0 Å². The van der Waals surface area contributed by atoms with Gasteiger partial charge in [-0.15, -0.1) is 0 Å². The summed E-state index contributed by atoms with van der Waals surface area (Å²) in [6, 6.07) is 11.7. The van der Waals surface area contributed by atoms with Crippen molar-refractivity contribution < 1.29 is 29.1 Å². The van der Waals surface area contributed by atoms with E-state index in [9.17, 15) is 24.8 Å². The Bertz CT molecular complexity index is 831. The van der Waals surface area contributed by atoms with Crippen molar-refractivity contribution in [2.45, 2.75) is 18.6 Å². The summed E-state index contributed by atoms with van der Waals surface area (Å²) in [6.45, 7) is 0. The lowest BCUT2D eigenvalue weighted by atomic mass is 9.99. The highest BCUT2D eigenvalue weighted by Crippen LogP contribution is 2.37. The second kappa shape index (κ2) is 6.60. The van der Waals surface area contributed by atoms with Gasteiger partial charge in [0.2, 0.25) is 0 Å². The van der Waals surface area contributed by atoms with Gasteiger partial charge in [-0.3, -0.25) is 10.1 Å². The van der Waals surface area contributed by atoms with E-state index in [4.69, 9.17) is 9.47 Å². The lowest BCUT2D eigenvalue weighted by Crippen LogP contribution is -2.34. The fraction of sp³-hybridized carbons (Fsp3) is 0.176. The molecule has 2 atom stereocenters. The van der Waals surface area contributed by atoms with Gasteiger partial charge in [-0.1, -0.05) is 18.2 Å². The number of carboxylic acids is 1. The predicted molar refractivity (Wildman–Crippen MR) is 84.4 cm³/mol. The average Bonchev–Trinajstić information content (AvgIpc) is 2.61. The first-order valence-corrected chi connectivity index (χ1v) is 7.39. The number of hydrogen-bond acceptors (Lipinski definition) is 6. The Morgan fingerprint density at radius 3 is 2.48 bits per heavy atom. The summed E-state index contributed by atoms with van der Waals surface area (Å²) in [4.78, 5) is 33.6. The van der Waals surface area contributed by atoms with Gasteiger partial charge in [-0.25, -0.2) is 9.59 Å². The number of fused-ring (bicyclic) bond motifs is 1. The Hall–Kier alpha value is -3.42. The van der Waals surface area contributed by atoms with E-state index in [0.29, 0.717) is 11.3 Å². The second-order valence-corrected chi connectivity index (χ2v) is 5.42. The number of rotatable bonds is 4. The number of hydrogen-bond donors (Lipinski definition) is 1. The van der Waals surface area contributed by atoms with E-state index in [0.717, 1.165) is 0 Å². The first kappa shape index (κ1) is 16.4. The van der Waals surface area contributed by atoms with Crippen molar-refractivity contribution in [3.05, 3.63) is 69.8 Å². The SMILES string of the molecule is O=C(O[C@@H]1CC(C(=O)O)Oc2ccccc21)c1ccc([N+](=O)[O-])cc1. The number of benzene rings is 2. The molecule has 8 nitrogen and oxygen atoms in total. The van der Waals surface area contributed by atoms with Crippen LogP contribution in [0.25, 0.3) is 0 Å². The van der Waals surface area contributed by atoms with Crippen molar-refractivity contribution in [1.82, 2.24) is 0 Å². The van der Waals surface area contributed by atoms with Crippen LogP contribution in [-0.4, -0.2) is 28.1 Å². The Kier molecular flexibility index (Phi) is 4.34. The van der Waals surface area contributed by atoms with E-state index in [1.165, 1.54) is 24.3 Å². The zero-order valence-electron chi connectivity index (χ0n) is 12.8. The maximum Gasteiger partial charge on any atom is 0.345 e.